The molecule has 0 aliphatic carbocycles. The fourth-order valence-corrected chi connectivity index (χ4v) is 2.54. The predicted octanol–water partition coefficient (Wildman–Crippen LogP) is 1.65. The van der Waals surface area contributed by atoms with Crippen LogP contribution in [0.3, 0.4) is 0 Å². The predicted molar refractivity (Wildman–Crippen MR) is 66.1 cm³/mol. The van der Waals surface area contributed by atoms with Gasteiger partial charge in [0.25, 0.3) is 0 Å². The zero-order valence-electron chi connectivity index (χ0n) is 9.57. The highest BCUT2D eigenvalue weighted by Gasteiger charge is 2.13. The highest BCUT2D eigenvalue weighted by Crippen LogP contribution is 2.14. The molecule has 92 valence electrons. The first-order valence-corrected chi connectivity index (χ1v) is 6.20. The number of aromatic carboxylic acids is 1. The van der Waals surface area contributed by atoms with Crippen LogP contribution in [-0.2, 0) is 6.54 Å². The molecule has 3 aromatic heterocycles. The normalized spacial score (nSPS) is 11.2. The van der Waals surface area contributed by atoms with Crippen LogP contribution < -0.4 is 0 Å². The molecule has 3 heterocycles. The van der Waals surface area contributed by atoms with Crippen molar-refractivity contribution in [1.82, 2.24) is 19.2 Å². The van der Waals surface area contributed by atoms with Crippen LogP contribution in [0.2, 0.25) is 0 Å². The lowest BCUT2D eigenvalue weighted by Gasteiger charge is -2.01. The number of thiazole rings is 1. The van der Waals surface area contributed by atoms with Gasteiger partial charge in [-0.2, -0.15) is 5.10 Å². The average molecular weight is 262 g/mol. The third-order valence-corrected chi connectivity index (χ3v) is 3.56. The van der Waals surface area contributed by atoms with E-state index >= 15 is 0 Å². The fraction of sp³-hybridized carbons (Fsp3) is 0.182. The summed E-state index contributed by atoms with van der Waals surface area (Å²) < 4.78 is 3.59. The Morgan fingerprint density at radius 3 is 3.06 bits per heavy atom. The zero-order chi connectivity index (χ0) is 12.7. The molecule has 0 amide bonds. The lowest BCUT2D eigenvalue weighted by atomic mass is 10.3. The van der Waals surface area contributed by atoms with Crippen molar-refractivity contribution in [1.29, 1.82) is 0 Å². The van der Waals surface area contributed by atoms with Crippen molar-refractivity contribution in [3.05, 3.63) is 40.9 Å². The van der Waals surface area contributed by atoms with Gasteiger partial charge in [0.15, 0.2) is 4.96 Å². The highest BCUT2D eigenvalue weighted by molar-refractivity contribution is 7.15. The second-order valence-corrected chi connectivity index (χ2v) is 4.80. The molecule has 0 saturated heterocycles. The first-order chi connectivity index (χ1) is 8.65. The minimum absolute atomic E-state index is 0.232. The summed E-state index contributed by atoms with van der Waals surface area (Å²) in [6.07, 6.45) is 5.23. The van der Waals surface area contributed by atoms with E-state index in [4.69, 9.17) is 5.11 Å². The van der Waals surface area contributed by atoms with Crippen molar-refractivity contribution in [3.63, 3.8) is 0 Å². The van der Waals surface area contributed by atoms with Crippen molar-refractivity contribution in [2.75, 3.05) is 0 Å². The summed E-state index contributed by atoms with van der Waals surface area (Å²) in [6.45, 7) is 2.22. The number of hydrogen-bond acceptors (Lipinski definition) is 4. The van der Waals surface area contributed by atoms with Gasteiger partial charge in [-0.15, -0.1) is 11.3 Å². The number of aromatic nitrogens is 4. The highest BCUT2D eigenvalue weighted by atomic mass is 32.1. The molecule has 0 bridgehead atoms. The molecular formula is C11H10N4O2S. The topological polar surface area (TPSA) is 72.4 Å². The Labute approximate surface area is 106 Å². The number of fused-ring (bicyclic) bond motifs is 1. The summed E-state index contributed by atoms with van der Waals surface area (Å²) in [5.74, 6) is -0.954. The number of carboxylic acids is 1. The van der Waals surface area contributed by atoms with Crippen LogP contribution in [0.25, 0.3) is 4.96 Å². The molecule has 0 radical (unpaired) electrons. The van der Waals surface area contributed by atoms with Crippen LogP contribution in [-0.4, -0.2) is 30.2 Å². The van der Waals surface area contributed by atoms with Gasteiger partial charge in [0.1, 0.15) is 5.56 Å². The second kappa shape index (κ2) is 3.95. The van der Waals surface area contributed by atoms with Crippen LogP contribution in [0.1, 0.15) is 21.7 Å². The molecule has 0 aliphatic rings. The van der Waals surface area contributed by atoms with E-state index in [0.29, 0.717) is 12.2 Å². The lowest BCUT2D eigenvalue weighted by molar-refractivity contribution is 0.0696. The summed E-state index contributed by atoms with van der Waals surface area (Å²) in [5.41, 5.74) is 1.74. The minimum Gasteiger partial charge on any atom is -0.478 e. The molecule has 0 aliphatic heterocycles. The number of imidazole rings is 1. The zero-order valence-corrected chi connectivity index (χ0v) is 10.4. The van der Waals surface area contributed by atoms with Crippen LogP contribution >= 0.6 is 11.3 Å². The Kier molecular flexibility index (Phi) is 2.41. The van der Waals surface area contributed by atoms with E-state index in [-0.39, 0.29) is 5.56 Å². The van der Waals surface area contributed by atoms with Gasteiger partial charge in [0.2, 0.25) is 0 Å². The van der Waals surface area contributed by atoms with Gasteiger partial charge in [-0.3, -0.25) is 9.08 Å². The molecule has 0 aromatic carbocycles. The maximum absolute atomic E-state index is 10.9. The Balaban J connectivity index is 1.92. The first-order valence-electron chi connectivity index (χ1n) is 5.32. The Morgan fingerprint density at radius 2 is 2.39 bits per heavy atom. The molecule has 0 atom stereocenters. The number of nitrogens with zero attached hydrogens (tertiary/aromatic N) is 4. The van der Waals surface area contributed by atoms with Gasteiger partial charge < -0.3 is 5.11 Å². The van der Waals surface area contributed by atoms with Gasteiger partial charge in [-0.05, 0) is 6.92 Å². The smallest absolute Gasteiger partial charge is 0.339 e. The third kappa shape index (κ3) is 1.68. The molecule has 7 heteroatoms. The molecule has 3 aromatic rings. The Hall–Kier alpha value is -2.15. The van der Waals surface area contributed by atoms with Crippen molar-refractivity contribution < 1.29 is 9.90 Å². The lowest BCUT2D eigenvalue weighted by Crippen LogP contribution is -2.06. The summed E-state index contributed by atoms with van der Waals surface area (Å²) in [5, 5.41) is 15.0. The standard InChI is InChI=1S/C11H10N4O2S/c1-7-9(10(16)17)4-12-15(7)6-8-5-14-2-3-18-11(14)13-8/h2-5H,6H2,1H3,(H,16,17). The van der Waals surface area contributed by atoms with Crippen LogP contribution in [0, 0.1) is 6.92 Å². The molecule has 3 rings (SSSR count). The van der Waals surface area contributed by atoms with Gasteiger partial charge in [0, 0.05) is 17.8 Å². The van der Waals surface area contributed by atoms with Crippen LogP contribution in [0.4, 0.5) is 0 Å². The van der Waals surface area contributed by atoms with Crippen molar-refractivity contribution in [2.24, 2.45) is 0 Å². The van der Waals surface area contributed by atoms with E-state index in [1.807, 2.05) is 22.2 Å². The van der Waals surface area contributed by atoms with E-state index < -0.39 is 5.97 Å². The van der Waals surface area contributed by atoms with Crippen LogP contribution in [0.5, 0.6) is 0 Å². The van der Waals surface area contributed by atoms with Crippen molar-refractivity contribution >= 4 is 22.3 Å². The summed E-state index contributed by atoms with van der Waals surface area (Å²) >= 11 is 1.56. The maximum atomic E-state index is 10.9. The van der Waals surface area contributed by atoms with Gasteiger partial charge >= 0.3 is 5.97 Å². The van der Waals surface area contributed by atoms with Gasteiger partial charge in [-0.25, -0.2) is 9.78 Å². The molecule has 18 heavy (non-hydrogen) atoms. The van der Waals surface area contributed by atoms with Crippen molar-refractivity contribution in [3.8, 4) is 0 Å². The van der Waals surface area contributed by atoms with E-state index in [0.717, 1.165) is 10.7 Å². The number of hydrogen-bond donors (Lipinski definition) is 1. The molecule has 0 unspecified atom stereocenters. The van der Waals surface area contributed by atoms with E-state index in [1.54, 1.807) is 22.9 Å². The van der Waals surface area contributed by atoms with Crippen molar-refractivity contribution in [2.45, 2.75) is 13.5 Å². The quantitative estimate of drug-likeness (QED) is 0.779. The molecule has 1 N–H and O–H groups in total. The fourth-order valence-electron chi connectivity index (χ4n) is 1.82. The summed E-state index contributed by atoms with van der Waals surface area (Å²) in [7, 11) is 0. The molecule has 0 spiro atoms. The summed E-state index contributed by atoms with van der Waals surface area (Å²) in [4.78, 5) is 16.3. The second-order valence-electron chi connectivity index (χ2n) is 3.93. The third-order valence-electron chi connectivity index (χ3n) is 2.79. The minimum atomic E-state index is -0.954. The van der Waals surface area contributed by atoms with E-state index in [1.165, 1.54) is 6.20 Å². The van der Waals surface area contributed by atoms with Crippen LogP contribution in [0.15, 0.2) is 24.0 Å². The van der Waals surface area contributed by atoms with Gasteiger partial charge in [-0.1, -0.05) is 0 Å². The Morgan fingerprint density at radius 1 is 1.56 bits per heavy atom. The Bertz CT molecular complexity index is 696. The van der Waals surface area contributed by atoms with Gasteiger partial charge in [0.05, 0.1) is 24.1 Å². The molecule has 6 nitrogen and oxygen atoms in total. The largest absolute Gasteiger partial charge is 0.478 e. The van der Waals surface area contributed by atoms with E-state index in [2.05, 4.69) is 10.1 Å². The molecule has 0 saturated carbocycles. The number of carbonyl (C=O) groups is 1. The van der Waals surface area contributed by atoms with E-state index in [9.17, 15) is 4.79 Å². The molecule has 0 fully saturated rings. The number of carboxylic acid groups (broad SMARTS) is 1. The average Bonchev–Trinajstić information content (AvgIpc) is 2.94. The SMILES string of the molecule is Cc1c(C(=O)O)cnn1Cc1cn2ccsc2n1. The number of rotatable bonds is 3. The maximum Gasteiger partial charge on any atom is 0.339 e. The first kappa shape index (κ1) is 11.0. The molecular weight excluding hydrogens is 252 g/mol. The summed E-state index contributed by atoms with van der Waals surface area (Å²) in [6, 6.07) is 0. The monoisotopic (exact) mass is 262 g/mol.